The Morgan fingerprint density at radius 1 is 1.12 bits per heavy atom. The molecule has 0 amide bonds. The van der Waals surface area contributed by atoms with Crippen molar-refractivity contribution in [3.63, 3.8) is 0 Å². The molecule has 9 heteroatoms. The highest BCUT2D eigenvalue weighted by Gasteiger charge is 2.28. The standard InChI is InChI=1S/C17H23N7.2ClH/c1-3-22-6-8-23(9-7-22)17-14(10-18)13-4-5-21(2)11-15(13)16-20-19-12-24(16)17;;/h12H,3-9,11H2,1-2H3;2*1H. The Balaban J connectivity index is 0.00000121. The van der Waals surface area contributed by atoms with Gasteiger partial charge in [-0.25, -0.2) is 0 Å². The van der Waals surface area contributed by atoms with E-state index < -0.39 is 0 Å². The Morgan fingerprint density at radius 3 is 2.50 bits per heavy atom. The molecule has 0 radical (unpaired) electrons. The van der Waals surface area contributed by atoms with Crippen LogP contribution in [0.1, 0.15) is 23.6 Å². The third kappa shape index (κ3) is 3.35. The number of pyridine rings is 1. The average Bonchev–Trinajstić information content (AvgIpc) is 3.10. The number of fused-ring (bicyclic) bond motifs is 3. The van der Waals surface area contributed by atoms with Crippen molar-refractivity contribution >= 4 is 36.3 Å². The fourth-order valence-electron chi connectivity index (χ4n) is 3.93. The minimum absolute atomic E-state index is 0. The summed E-state index contributed by atoms with van der Waals surface area (Å²) in [6.07, 6.45) is 2.66. The van der Waals surface area contributed by atoms with Crippen LogP contribution < -0.4 is 4.90 Å². The first-order valence-corrected chi connectivity index (χ1v) is 8.66. The number of nitriles is 1. The van der Waals surface area contributed by atoms with Crippen molar-refractivity contribution in [3.8, 4) is 6.07 Å². The van der Waals surface area contributed by atoms with Crippen LogP contribution in [0.3, 0.4) is 0 Å². The van der Waals surface area contributed by atoms with Crippen LogP contribution in [0.15, 0.2) is 6.33 Å². The third-order valence-corrected chi connectivity index (χ3v) is 5.34. The second-order valence-corrected chi connectivity index (χ2v) is 6.70. The van der Waals surface area contributed by atoms with Gasteiger partial charge in [0.15, 0.2) is 5.65 Å². The van der Waals surface area contributed by atoms with Crippen LogP contribution in [0.5, 0.6) is 0 Å². The molecule has 0 aromatic carbocycles. The Hall–Kier alpha value is -1.59. The Morgan fingerprint density at radius 2 is 1.85 bits per heavy atom. The molecule has 2 aromatic rings. The van der Waals surface area contributed by atoms with Gasteiger partial charge in [0.25, 0.3) is 0 Å². The number of rotatable bonds is 2. The van der Waals surface area contributed by atoms with Crippen molar-refractivity contribution in [2.45, 2.75) is 19.9 Å². The van der Waals surface area contributed by atoms with Crippen LogP contribution >= 0.6 is 24.8 Å². The topological polar surface area (TPSA) is 63.7 Å². The number of piperazine rings is 1. The highest BCUT2D eigenvalue weighted by molar-refractivity contribution is 5.85. The summed E-state index contributed by atoms with van der Waals surface area (Å²) in [7, 11) is 2.11. The number of aromatic nitrogens is 3. The van der Waals surface area contributed by atoms with Crippen molar-refractivity contribution in [1.29, 1.82) is 5.26 Å². The van der Waals surface area contributed by atoms with Gasteiger partial charge in [-0.1, -0.05) is 6.92 Å². The zero-order valence-corrected chi connectivity index (χ0v) is 16.8. The monoisotopic (exact) mass is 397 g/mol. The van der Waals surface area contributed by atoms with Crippen LogP contribution in [0, 0.1) is 11.3 Å². The smallest absolute Gasteiger partial charge is 0.167 e. The fourth-order valence-corrected chi connectivity index (χ4v) is 3.93. The van der Waals surface area contributed by atoms with E-state index in [1.54, 1.807) is 6.33 Å². The summed E-state index contributed by atoms with van der Waals surface area (Å²) in [5, 5.41) is 18.4. The van der Waals surface area contributed by atoms with Crippen LogP contribution in [0.4, 0.5) is 5.82 Å². The molecule has 0 aliphatic carbocycles. The molecule has 0 bridgehead atoms. The van der Waals surface area contributed by atoms with Gasteiger partial charge in [-0.05, 0) is 25.6 Å². The molecular weight excluding hydrogens is 373 g/mol. The van der Waals surface area contributed by atoms with Crippen molar-refractivity contribution in [3.05, 3.63) is 23.0 Å². The van der Waals surface area contributed by atoms with Gasteiger partial charge in [-0.15, -0.1) is 35.0 Å². The van der Waals surface area contributed by atoms with Crippen molar-refractivity contribution in [1.82, 2.24) is 24.4 Å². The van der Waals surface area contributed by atoms with E-state index in [1.165, 1.54) is 5.56 Å². The lowest BCUT2D eigenvalue weighted by molar-refractivity contribution is 0.270. The maximum atomic E-state index is 9.91. The molecule has 2 aliphatic heterocycles. The van der Waals surface area contributed by atoms with Gasteiger partial charge in [0.1, 0.15) is 18.2 Å². The number of nitrogens with zero attached hydrogens (tertiary/aromatic N) is 7. The largest absolute Gasteiger partial charge is 0.354 e. The van der Waals surface area contributed by atoms with E-state index in [0.29, 0.717) is 0 Å². The van der Waals surface area contributed by atoms with E-state index in [1.807, 2.05) is 4.40 Å². The van der Waals surface area contributed by atoms with Crippen LogP contribution in [-0.4, -0.2) is 70.7 Å². The molecule has 0 spiro atoms. The van der Waals surface area contributed by atoms with Gasteiger partial charge in [0, 0.05) is 44.8 Å². The highest BCUT2D eigenvalue weighted by Crippen LogP contribution is 2.32. The first-order valence-electron chi connectivity index (χ1n) is 8.66. The molecule has 1 fully saturated rings. The van der Waals surface area contributed by atoms with Crippen LogP contribution in [0.25, 0.3) is 5.65 Å². The van der Waals surface area contributed by atoms with E-state index >= 15 is 0 Å². The minimum atomic E-state index is 0. The lowest BCUT2D eigenvalue weighted by Gasteiger charge is -2.37. The van der Waals surface area contributed by atoms with E-state index in [0.717, 1.165) is 74.8 Å². The maximum absolute atomic E-state index is 9.91. The Labute approximate surface area is 166 Å². The van der Waals surface area contributed by atoms with Crippen molar-refractivity contribution in [2.24, 2.45) is 0 Å². The number of anilines is 1. The summed E-state index contributed by atoms with van der Waals surface area (Å²) in [5.41, 5.74) is 4.05. The quantitative estimate of drug-likeness (QED) is 0.766. The molecule has 0 N–H and O–H groups in total. The van der Waals surface area contributed by atoms with E-state index in [-0.39, 0.29) is 24.8 Å². The molecule has 0 atom stereocenters. The second-order valence-electron chi connectivity index (χ2n) is 6.70. The molecule has 4 rings (SSSR count). The van der Waals surface area contributed by atoms with Gasteiger partial charge in [0.2, 0.25) is 0 Å². The normalized spacial score (nSPS) is 18.0. The predicted octanol–water partition coefficient (Wildman–Crippen LogP) is 1.57. The first-order chi connectivity index (χ1) is 11.7. The fraction of sp³-hybridized carbons (Fsp3) is 0.588. The summed E-state index contributed by atoms with van der Waals surface area (Å²) in [6.45, 7) is 9.03. The highest BCUT2D eigenvalue weighted by atomic mass is 35.5. The summed E-state index contributed by atoms with van der Waals surface area (Å²) in [4.78, 5) is 7.05. The minimum Gasteiger partial charge on any atom is -0.354 e. The molecule has 0 unspecified atom stereocenters. The molecule has 1 saturated heterocycles. The van der Waals surface area contributed by atoms with Gasteiger partial charge >= 0.3 is 0 Å². The second kappa shape index (κ2) is 8.40. The molecule has 7 nitrogen and oxygen atoms in total. The summed E-state index contributed by atoms with van der Waals surface area (Å²) < 4.78 is 2.03. The van der Waals surface area contributed by atoms with Crippen molar-refractivity contribution in [2.75, 3.05) is 51.2 Å². The summed E-state index contributed by atoms with van der Waals surface area (Å²) in [6, 6.07) is 2.49. The Bertz CT molecular complexity index is 806. The number of likely N-dealkylation sites (N-methyl/N-ethyl adjacent to an activating group) is 2. The maximum Gasteiger partial charge on any atom is 0.167 e. The summed E-state index contributed by atoms with van der Waals surface area (Å²) in [5.74, 6) is 0.983. The molecule has 142 valence electrons. The molecule has 26 heavy (non-hydrogen) atoms. The van der Waals surface area contributed by atoms with E-state index in [9.17, 15) is 5.26 Å². The number of halogens is 2. The van der Waals surface area contributed by atoms with Gasteiger partial charge in [-0.2, -0.15) is 5.26 Å². The molecule has 4 heterocycles. The van der Waals surface area contributed by atoms with Crippen molar-refractivity contribution < 1.29 is 0 Å². The van der Waals surface area contributed by atoms with Gasteiger partial charge in [-0.3, -0.25) is 4.40 Å². The molecule has 2 aliphatic rings. The predicted molar refractivity (Wildman–Crippen MR) is 107 cm³/mol. The molecule has 2 aromatic heterocycles. The third-order valence-electron chi connectivity index (χ3n) is 5.34. The molecule has 0 saturated carbocycles. The SMILES string of the molecule is CCN1CCN(c2c(C#N)c3c(c4nncn24)CN(C)CC3)CC1.Cl.Cl. The van der Waals surface area contributed by atoms with Gasteiger partial charge < -0.3 is 14.7 Å². The average molecular weight is 398 g/mol. The number of hydrogen-bond donors (Lipinski definition) is 0. The van der Waals surface area contributed by atoms with Gasteiger partial charge in [0.05, 0.1) is 5.56 Å². The van der Waals surface area contributed by atoms with Crippen LogP contribution in [-0.2, 0) is 13.0 Å². The molecular formula is C17H25Cl2N7. The van der Waals surface area contributed by atoms with Crippen LogP contribution in [0.2, 0.25) is 0 Å². The Kier molecular flexibility index (Phi) is 6.69. The van der Waals surface area contributed by atoms with E-state index in [2.05, 4.69) is 44.9 Å². The zero-order chi connectivity index (χ0) is 16.7. The lowest BCUT2D eigenvalue weighted by Crippen LogP contribution is -2.47. The summed E-state index contributed by atoms with van der Waals surface area (Å²) >= 11 is 0. The van der Waals surface area contributed by atoms with E-state index in [4.69, 9.17) is 0 Å². The lowest BCUT2D eigenvalue weighted by atomic mass is 9.96. The first kappa shape index (κ1) is 20.7. The zero-order valence-electron chi connectivity index (χ0n) is 15.2. The number of hydrogen-bond acceptors (Lipinski definition) is 6.